The number of aryl methyl sites for hydroxylation is 3. The van der Waals surface area contributed by atoms with Gasteiger partial charge in [-0.3, -0.25) is 4.79 Å². The van der Waals surface area contributed by atoms with Crippen LogP contribution in [-0.4, -0.2) is 22.4 Å². The topological polar surface area (TPSA) is 90.1 Å². The maximum Gasteiger partial charge on any atom is 0.255 e. The number of anilines is 1. The van der Waals surface area contributed by atoms with Gasteiger partial charge in [0, 0.05) is 6.54 Å². The molecule has 6 heteroatoms. The molecule has 1 heterocycles. The van der Waals surface area contributed by atoms with Crippen LogP contribution >= 0.6 is 0 Å². The average Bonchev–Trinajstić information content (AvgIpc) is 2.48. The Kier molecular flexibility index (Phi) is 5.16. The molecule has 1 aromatic heterocycles. The summed E-state index contributed by atoms with van der Waals surface area (Å²) in [5.41, 5.74) is 9.50. The molecule has 122 valence electrons. The second-order valence-corrected chi connectivity index (χ2v) is 5.38. The molecule has 0 aliphatic rings. The number of nitrogens with two attached hydrogens (primary N) is 1. The fraction of sp³-hybridized carbons (Fsp3) is 0.353. The number of benzene rings is 1. The van der Waals surface area contributed by atoms with Crippen LogP contribution in [0.25, 0.3) is 0 Å². The highest BCUT2D eigenvalue weighted by molar-refractivity contribution is 5.96. The van der Waals surface area contributed by atoms with Crippen LogP contribution in [0.3, 0.4) is 0 Å². The van der Waals surface area contributed by atoms with Gasteiger partial charge in [0.1, 0.15) is 12.4 Å². The van der Waals surface area contributed by atoms with Gasteiger partial charge < -0.3 is 15.8 Å². The van der Waals surface area contributed by atoms with Gasteiger partial charge in [0.2, 0.25) is 5.95 Å². The molecule has 2 rings (SSSR count). The van der Waals surface area contributed by atoms with Gasteiger partial charge in [0.05, 0.1) is 17.0 Å². The van der Waals surface area contributed by atoms with Crippen LogP contribution in [0.2, 0.25) is 0 Å². The quantitative estimate of drug-likeness (QED) is 0.884. The number of nitrogen functional groups attached to an aromatic ring is 1. The molecule has 0 bridgehead atoms. The summed E-state index contributed by atoms with van der Waals surface area (Å²) < 4.78 is 5.78. The highest BCUT2D eigenvalue weighted by atomic mass is 16.5. The van der Waals surface area contributed by atoms with Crippen LogP contribution < -0.4 is 15.8 Å². The molecule has 0 aliphatic heterocycles. The highest BCUT2D eigenvalue weighted by Gasteiger charge is 2.18. The fourth-order valence-corrected chi connectivity index (χ4v) is 2.26. The molecular weight excluding hydrogens is 292 g/mol. The van der Waals surface area contributed by atoms with Crippen molar-refractivity contribution in [1.82, 2.24) is 15.3 Å². The predicted octanol–water partition coefficient (Wildman–Crippen LogP) is 2.31. The zero-order valence-corrected chi connectivity index (χ0v) is 13.9. The van der Waals surface area contributed by atoms with E-state index in [2.05, 4.69) is 15.3 Å². The third kappa shape index (κ3) is 3.97. The molecule has 0 radical (unpaired) electrons. The van der Waals surface area contributed by atoms with Crippen molar-refractivity contribution in [3.63, 3.8) is 0 Å². The van der Waals surface area contributed by atoms with Crippen LogP contribution in [0.15, 0.2) is 18.2 Å². The Morgan fingerprint density at radius 3 is 2.61 bits per heavy atom. The lowest BCUT2D eigenvalue weighted by molar-refractivity contribution is 0.0951. The van der Waals surface area contributed by atoms with E-state index in [1.165, 1.54) is 5.56 Å². The first-order chi connectivity index (χ1) is 10.9. The molecule has 1 amide bonds. The smallest absolute Gasteiger partial charge is 0.255 e. The first-order valence-corrected chi connectivity index (χ1v) is 7.53. The summed E-state index contributed by atoms with van der Waals surface area (Å²) in [5, 5.41) is 2.76. The number of carbonyl (C=O) groups is 1. The Morgan fingerprint density at radius 2 is 1.96 bits per heavy atom. The maximum atomic E-state index is 12.2. The summed E-state index contributed by atoms with van der Waals surface area (Å²) in [7, 11) is 0. The summed E-state index contributed by atoms with van der Waals surface area (Å²) in [6.07, 6.45) is 0. The third-order valence-corrected chi connectivity index (χ3v) is 3.60. The van der Waals surface area contributed by atoms with Crippen LogP contribution in [0.1, 0.15) is 39.8 Å². The first kappa shape index (κ1) is 16.7. The van der Waals surface area contributed by atoms with Crippen LogP contribution in [0, 0.1) is 20.8 Å². The Hall–Kier alpha value is -2.63. The molecule has 0 saturated heterocycles. The number of nitrogens with one attached hydrogen (secondary N) is 1. The van der Waals surface area contributed by atoms with Gasteiger partial charge in [-0.25, -0.2) is 9.97 Å². The summed E-state index contributed by atoms with van der Waals surface area (Å²) in [6, 6.07) is 5.85. The zero-order chi connectivity index (χ0) is 17.0. The minimum Gasteiger partial charge on any atom is -0.487 e. The van der Waals surface area contributed by atoms with Gasteiger partial charge in [0.15, 0.2) is 0 Å². The van der Waals surface area contributed by atoms with Gasteiger partial charge >= 0.3 is 0 Å². The summed E-state index contributed by atoms with van der Waals surface area (Å²) >= 11 is 0. The number of hydrogen-bond donors (Lipinski definition) is 2. The number of carbonyl (C=O) groups excluding carboxylic acids is 1. The molecule has 2 aromatic rings. The number of aromatic nitrogens is 2. The minimum absolute atomic E-state index is 0.134. The molecule has 6 nitrogen and oxygen atoms in total. The number of amides is 1. The maximum absolute atomic E-state index is 12.2. The number of ether oxygens (including phenoxy) is 1. The van der Waals surface area contributed by atoms with E-state index >= 15 is 0 Å². The van der Waals surface area contributed by atoms with Crippen molar-refractivity contribution in [1.29, 1.82) is 0 Å². The molecule has 0 fully saturated rings. The van der Waals surface area contributed by atoms with E-state index in [9.17, 15) is 4.79 Å². The molecular formula is C17H22N4O2. The van der Waals surface area contributed by atoms with E-state index in [4.69, 9.17) is 10.5 Å². The molecule has 23 heavy (non-hydrogen) atoms. The van der Waals surface area contributed by atoms with Crippen molar-refractivity contribution in [2.45, 2.75) is 34.3 Å². The second kappa shape index (κ2) is 7.09. The van der Waals surface area contributed by atoms with E-state index in [0.717, 1.165) is 11.3 Å². The van der Waals surface area contributed by atoms with Crippen molar-refractivity contribution in [3.05, 3.63) is 46.3 Å². The lowest BCUT2D eigenvalue weighted by Crippen LogP contribution is -2.26. The van der Waals surface area contributed by atoms with Gasteiger partial charge in [-0.2, -0.15) is 0 Å². The van der Waals surface area contributed by atoms with E-state index in [1.807, 2.05) is 39.0 Å². The van der Waals surface area contributed by atoms with Crippen molar-refractivity contribution >= 4 is 11.9 Å². The molecule has 0 aliphatic carbocycles. The van der Waals surface area contributed by atoms with Crippen LogP contribution in [0.5, 0.6) is 5.75 Å². The van der Waals surface area contributed by atoms with E-state index < -0.39 is 0 Å². The van der Waals surface area contributed by atoms with Gasteiger partial charge in [0.25, 0.3) is 5.91 Å². The summed E-state index contributed by atoms with van der Waals surface area (Å²) in [5.74, 6) is 0.641. The molecule has 0 saturated carbocycles. The van der Waals surface area contributed by atoms with Gasteiger partial charge in [-0.05, 0) is 51.0 Å². The summed E-state index contributed by atoms with van der Waals surface area (Å²) in [6.45, 7) is 8.34. The van der Waals surface area contributed by atoms with Crippen molar-refractivity contribution in [2.75, 3.05) is 12.3 Å². The van der Waals surface area contributed by atoms with E-state index in [0.29, 0.717) is 23.5 Å². The van der Waals surface area contributed by atoms with Gasteiger partial charge in [-0.1, -0.05) is 6.07 Å². The number of rotatable bonds is 5. The van der Waals surface area contributed by atoms with Crippen LogP contribution in [-0.2, 0) is 6.61 Å². The lowest BCUT2D eigenvalue weighted by atomic mass is 10.1. The number of hydrogen-bond acceptors (Lipinski definition) is 5. The van der Waals surface area contributed by atoms with Crippen molar-refractivity contribution in [3.8, 4) is 5.75 Å². The SMILES string of the molecule is CCNC(=O)c1c(C)nc(N)nc1COc1ccc(C)c(C)c1. The van der Waals surface area contributed by atoms with Crippen LogP contribution in [0.4, 0.5) is 5.95 Å². The standard InChI is InChI=1S/C17H22N4O2/c1-5-19-16(22)15-12(4)20-17(18)21-14(15)9-23-13-7-6-10(2)11(3)8-13/h6-8H,5,9H2,1-4H3,(H,19,22)(H2,18,20,21). The Morgan fingerprint density at radius 1 is 1.22 bits per heavy atom. The fourth-order valence-electron chi connectivity index (χ4n) is 2.26. The molecule has 0 spiro atoms. The number of nitrogens with zero attached hydrogens (tertiary/aromatic N) is 2. The predicted molar refractivity (Wildman–Crippen MR) is 89.4 cm³/mol. The molecule has 0 atom stereocenters. The lowest BCUT2D eigenvalue weighted by Gasteiger charge is -2.13. The third-order valence-electron chi connectivity index (χ3n) is 3.60. The molecule has 3 N–H and O–H groups in total. The monoisotopic (exact) mass is 314 g/mol. The molecule has 1 aromatic carbocycles. The van der Waals surface area contributed by atoms with Gasteiger partial charge in [-0.15, -0.1) is 0 Å². The van der Waals surface area contributed by atoms with Crippen molar-refractivity contribution < 1.29 is 9.53 Å². The zero-order valence-electron chi connectivity index (χ0n) is 13.9. The minimum atomic E-state index is -0.219. The highest BCUT2D eigenvalue weighted by Crippen LogP contribution is 2.19. The summed E-state index contributed by atoms with van der Waals surface area (Å²) in [4.78, 5) is 20.5. The van der Waals surface area contributed by atoms with Crippen molar-refractivity contribution in [2.24, 2.45) is 0 Å². The second-order valence-electron chi connectivity index (χ2n) is 5.38. The molecule has 0 unspecified atom stereocenters. The first-order valence-electron chi connectivity index (χ1n) is 7.53. The van der Waals surface area contributed by atoms with E-state index in [-0.39, 0.29) is 18.5 Å². The average molecular weight is 314 g/mol. The van der Waals surface area contributed by atoms with E-state index in [1.54, 1.807) is 6.92 Å². The Labute approximate surface area is 136 Å². The largest absolute Gasteiger partial charge is 0.487 e. The Bertz CT molecular complexity index is 729. The normalized spacial score (nSPS) is 10.4. The Balaban J connectivity index is 2.27.